The number of hydrogen-bond donors (Lipinski definition) is 3. The molecule has 0 bridgehead atoms. The number of urea groups is 1. The average molecular weight is 338 g/mol. The van der Waals surface area contributed by atoms with Crippen molar-refractivity contribution in [3.63, 3.8) is 0 Å². The third kappa shape index (κ3) is 5.88. The molecule has 1 unspecified atom stereocenters. The first-order chi connectivity index (χ1) is 11.0. The summed E-state index contributed by atoms with van der Waals surface area (Å²) in [6.45, 7) is 2.52. The number of hydrogen-bond acceptors (Lipinski definition) is 4. The first-order valence-corrected chi connectivity index (χ1v) is 8.03. The third-order valence-corrected chi connectivity index (χ3v) is 4.15. The summed E-state index contributed by atoms with van der Waals surface area (Å²) in [5.74, 6) is 0.111. The summed E-state index contributed by atoms with van der Waals surface area (Å²) in [7, 11) is 0. The van der Waals surface area contributed by atoms with Crippen LogP contribution < -0.4 is 15.4 Å². The predicted octanol–water partition coefficient (Wildman–Crippen LogP) is 2.43. The van der Waals surface area contributed by atoms with Gasteiger partial charge in [0, 0.05) is 11.4 Å². The molecule has 0 saturated carbocycles. The molecule has 0 aliphatic carbocycles. The van der Waals surface area contributed by atoms with Gasteiger partial charge in [0.15, 0.2) is 0 Å². The number of thiophene rings is 1. The van der Waals surface area contributed by atoms with Crippen LogP contribution >= 0.6 is 11.3 Å². The lowest BCUT2D eigenvalue weighted by Crippen LogP contribution is -2.41. The Balaban J connectivity index is 1.63. The summed E-state index contributed by atoms with van der Waals surface area (Å²) < 4.78 is 18.0. The zero-order chi connectivity index (χ0) is 16.7. The minimum atomic E-state index is -0.853. The van der Waals surface area contributed by atoms with Crippen LogP contribution in [0.4, 0.5) is 9.18 Å². The van der Waals surface area contributed by atoms with Gasteiger partial charge in [-0.3, -0.25) is 0 Å². The smallest absolute Gasteiger partial charge is 0.315 e. The van der Waals surface area contributed by atoms with E-state index >= 15 is 0 Å². The number of aliphatic hydroxyl groups excluding tert-OH is 1. The first kappa shape index (κ1) is 17.2. The van der Waals surface area contributed by atoms with E-state index in [1.165, 1.54) is 24.3 Å². The molecule has 2 rings (SSSR count). The Morgan fingerprint density at radius 1 is 1.30 bits per heavy atom. The van der Waals surface area contributed by atoms with Gasteiger partial charge in [0.05, 0.1) is 6.54 Å². The van der Waals surface area contributed by atoms with Gasteiger partial charge < -0.3 is 20.5 Å². The molecule has 5 nitrogen and oxygen atoms in total. The minimum absolute atomic E-state index is 0.00987. The lowest BCUT2D eigenvalue weighted by Gasteiger charge is -2.13. The van der Waals surface area contributed by atoms with Crippen molar-refractivity contribution < 1.29 is 19.0 Å². The predicted molar refractivity (Wildman–Crippen MR) is 87.2 cm³/mol. The molecule has 7 heteroatoms. The van der Waals surface area contributed by atoms with Crippen molar-refractivity contribution in [1.82, 2.24) is 10.6 Å². The number of halogens is 1. The van der Waals surface area contributed by atoms with E-state index < -0.39 is 6.10 Å². The van der Waals surface area contributed by atoms with Gasteiger partial charge in [-0.15, -0.1) is 11.3 Å². The topological polar surface area (TPSA) is 70.6 Å². The van der Waals surface area contributed by atoms with E-state index in [1.807, 2.05) is 18.4 Å². The molecule has 2 amide bonds. The van der Waals surface area contributed by atoms with Crippen molar-refractivity contribution in [2.24, 2.45) is 0 Å². The fraction of sp³-hybridized carbons (Fsp3) is 0.312. The van der Waals surface area contributed by atoms with E-state index in [2.05, 4.69) is 10.6 Å². The highest BCUT2D eigenvalue weighted by Gasteiger charge is 2.09. The summed E-state index contributed by atoms with van der Waals surface area (Å²) >= 11 is 1.58. The van der Waals surface area contributed by atoms with Gasteiger partial charge in [-0.05, 0) is 48.2 Å². The van der Waals surface area contributed by atoms with Crippen LogP contribution in [0.15, 0.2) is 35.7 Å². The van der Waals surface area contributed by atoms with E-state index in [0.717, 1.165) is 10.4 Å². The molecule has 0 spiro atoms. The number of ether oxygens (including phenoxy) is 1. The monoisotopic (exact) mass is 338 g/mol. The van der Waals surface area contributed by atoms with Gasteiger partial charge in [0.25, 0.3) is 0 Å². The van der Waals surface area contributed by atoms with Gasteiger partial charge >= 0.3 is 6.03 Å². The third-order valence-electron chi connectivity index (χ3n) is 3.13. The molecular weight excluding hydrogens is 319 g/mol. The SMILES string of the molecule is Cc1ccsc1CNC(=O)NCC(O)COc1ccc(F)cc1. The highest BCUT2D eigenvalue weighted by molar-refractivity contribution is 7.10. The molecular formula is C16H19FN2O3S. The van der Waals surface area contributed by atoms with Crippen LogP contribution in [-0.2, 0) is 6.54 Å². The fourth-order valence-electron chi connectivity index (χ4n) is 1.80. The molecule has 0 aliphatic heterocycles. The highest BCUT2D eigenvalue weighted by atomic mass is 32.1. The maximum atomic E-state index is 12.7. The summed E-state index contributed by atoms with van der Waals surface area (Å²) in [5.41, 5.74) is 1.14. The van der Waals surface area contributed by atoms with Crippen LogP contribution in [0.1, 0.15) is 10.4 Å². The summed E-state index contributed by atoms with van der Waals surface area (Å²) in [5, 5.41) is 17.0. The van der Waals surface area contributed by atoms with Crippen LogP contribution in [0.5, 0.6) is 5.75 Å². The van der Waals surface area contributed by atoms with Crippen LogP contribution in [0.2, 0.25) is 0 Å². The fourth-order valence-corrected chi connectivity index (χ4v) is 2.65. The Morgan fingerprint density at radius 3 is 2.70 bits per heavy atom. The first-order valence-electron chi connectivity index (χ1n) is 7.15. The number of benzene rings is 1. The molecule has 1 heterocycles. The number of nitrogens with one attached hydrogen (secondary N) is 2. The number of carbonyl (C=O) groups excluding carboxylic acids is 1. The number of aryl methyl sites for hydroxylation is 1. The van der Waals surface area contributed by atoms with E-state index in [9.17, 15) is 14.3 Å². The largest absolute Gasteiger partial charge is 0.491 e. The lowest BCUT2D eigenvalue weighted by molar-refractivity contribution is 0.108. The summed E-state index contributed by atoms with van der Waals surface area (Å²) in [6, 6.07) is 7.16. The van der Waals surface area contributed by atoms with Crippen molar-refractivity contribution in [2.45, 2.75) is 19.6 Å². The normalized spacial score (nSPS) is 11.8. The maximum Gasteiger partial charge on any atom is 0.315 e. The average Bonchev–Trinajstić information content (AvgIpc) is 2.95. The zero-order valence-electron chi connectivity index (χ0n) is 12.7. The second-order valence-electron chi connectivity index (χ2n) is 5.01. The minimum Gasteiger partial charge on any atom is -0.491 e. The van der Waals surface area contributed by atoms with Gasteiger partial charge in [0.2, 0.25) is 0 Å². The zero-order valence-corrected chi connectivity index (χ0v) is 13.5. The molecule has 1 atom stereocenters. The van der Waals surface area contributed by atoms with Crippen molar-refractivity contribution >= 4 is 17.4 Å². The number of amides is 2. The molecule has 0 fully saturated rings. The Kier molecular flexibility index (Phi) is 6.37. The Bertz CT molecular complexity index is 631. The lowest BCUT2D eigenvalue weighted by atomic mass is 10.3. The molecule has 3 N–H and O–H groups in total. The molecule has 124 valence electrons. The van der Waals surface area contributed by atoms with Crippen molar-refractivity contribution in [3.05, 3.63) is 52.0 Å². The van der Waals surface area contributed by atoms with E-state index in [0.29, 0.717) is 12.3 Å². The van der Waals surface area contributed by atoms with Crippen LogP contribution in [0.25, 0.3) is 0 Å². The van der Waals surface area contributed by atoms with E-state index in [4.69, 9.17) is 4.74 Å². The van der Waals surface area contributed by atoms with Crippen LogP contribution in [0, 0.1) is 12.7 Å². The Labute approximate surface area is 138 Å². The van der Waals surface area contributed by atoms with Crippen molar-refractivity contribution in [2.75, 3.05) is 13.2 Å². The van der Waals surface area contributed by atoms with Gasteiger partial charge in [-0.2, -0.15) is 0 Å². The standard InChI is InChI=1S/C16H19FN2O3S/c1-11-6-7-23-15(11)9-19-16(21)18-8-13(20)10-22-14-4-2-12(17)3-5-14/h2-7,13,20H,8-10H2,1H3,(H2,18,19,21). The molecule has 23 heavy (non-hydrogen) atoms. The summed E-state index contributed by atoms with van der Waals surface area (Å²) in [6.07, 6.45) is -0.853. The number of carbonyl (C=O) groups is 1. The van der Waals surface area contributed by atoms with E-state index in [1.54, 1.807) is 11.3 Å². The van der Waals surface area contributed by atoms with Gasteiger partial charge in [-0.1, -0.05) is 0 Å². The second kappa shape index (κ2) is 8.50. The van der Waals surface area contributed by atoms with Gasteiger partial charge in [0.1, 0.15) is 24.3 Å². The highest BCUT2D eigenvalue weighted by Crippen LogP contribution is 2.14. The molecule has 1 aromatic carbocycles. The van der Waals surface area contributed by atoms with Crippen LogP contribution in [-0.4, -0.2) is 30.4 Å². The quantitative estimate of drug-likeness (QED) is 0.726. The van der Waals surface area contributed by atoms with Gasteiger partial charge in [-0.25, -0.2) is 9.18 Å². The van der Waals surface area contributed by atoms with Crippen molar-refractivity contribution in [1.29, 1.82) is 0 Å². The second-order valence-corrected chi connectivity index (χ2v) is 6.01. The van der Waals surface area contributed by atoms with E-state index in [-0.39, 0.29) is 25.0 Å². The maximum absolute atomic E-state index is 12.7. The molecule has 2 aromatic rings. The Morgan fingerprint density at radius 2 is 2.04 bits per heavy atom. The number of aliphatic hydroxyl groups is 1. The van der Waals surface area contributed by atoms with Crippen LogP contribution in [0.3, 0.4) is 0 Å². The number of rotatable bonds is 7. The summed E-state index contributed by atoms with van der Waals surface area (Å²) in [4.78, 5) is 12.8. The Hall–Kier alpha value is -2.12. The molecule has 0 radical (unpaired) electrons. The molecule has 0 saturated heterocycles. The van der Waals surface area contributed by atoms with Crippen molar-refractivity contribution in [3.8, 4) is 5.75 Å². The molecule has 1 aromatic heterocycles. The molecule has 0 aliphatic rings.